The average Bonchev–Trinajstić information content (AvgIpc) is 3.30. The molecule has 1 amide bonds. The molecule has 1 aliphatic heterocycles. The Morgan fingerprint density at radius 2 is 1.81 bits per heavy atom. The maximum Gasteiger partial charge on any atom is 0.272 e. The molecule has 1 aliphatic rings. The van der Waals surface area contributed by atoms with Gasteiger partial charge in [-0.2, -0.15) is 0 Å². The Bertz CT molecular complexity index is 1590. The molecular weight excluding hydrogens is 558 g/mol. The van der Waals surface area contributed by atoms with E-state index in [-0.39, 0.29) is 11.3 Å². The molecule has 0 aliphatic carbocycles. The highest BCUT2D eigenvalue weighted by atomic mass is 32.2. The zero-order chi connectivity index (χ0) is 31.3. The summed E-state index contributed by atoms with van der Waals surface area (Å²) in [6.45, 7) is 14.3. The highest BCUT2D eigenvalue weighted by molar-refractivity contribution is 7.84. The van der Waals surface area contributed by atoms with Crippen LogP contribution in [0.1, 0.15) is 57.1 Å². The number of likely N-dealkylation sites (N-methyl/N-ethyl adjacent to an activating group) is 1. The van der Waals surface area contributed by atoms with Gasteiger partial charge in [-0.1, -0.05) is 58.0 Å². The minimum atomic E-state index is -1.26. The first-order valence-electron chi connectivity index (χ1n) is 14.8. The average molecular weight is 604 g/mol. The number of nitrogens with zero attached hydrogens (tertiary/aromatic N) is 4. The molecular formula is C34H45N5O3S. The fraction of sp³-hybridized carbons (Fsp3) is 0.412. The van der Waals surface area contributed by atoms with Gasteiger partial charge in [-0.15, -0.1) is 0 Å². The molecule has 1 saturated heterocycles. The number of rotatable bonds is 8. The molecule has 43 heavy (non-hydrogen) atoms. The van der Waals surface area contributed by atoms with E-state index in [1.54, 1.807) is 6.26 Å². The van der Waals surface area contributed by atoms with Crippen molar-refractivity contribution < 1.29 is 13.7 Å². The predicted molar refractivity (Wildman–Crippen MR) is 179 cm³/mol. The van der Waals surface area contributed by atoms with Crippen LogP contribution in [0.5, 0.6) is 5.75 Å². The zero-order valence-electron chi connectivity index (χ0n) is 26.7. The highest BCUT2D eigenvalue weighted by Crippen LogP contribution is 2.32. The molecule has 0 radical (unpaired) electrons. The quantitative estimate of drug-likeness (QED) is 0.141. The number of allylic oxidation sites excluding steroid dienone is 3. The van der Waals surface area contributed by atoms with E-state index in [4.69, 9.17) is 9.73 Å². The van der Waals surface area contributed by atoms with Gasteiger partial charge in [0.15, 0.2) is 5.75 Å². The Labute approximate surface area is 258 Å². The Hall–Kier alpha value is -3.69. The van der Waals surface area contributed by atoms with E-state index in [0.29, 0.717) is 27.9 Å². The summed E-state index contributed by atoms with van der Waals surface area (Å²) in [7, 11) is 2.73. The maximum atomic E-state index is 13.7. The maximum absolute atomic E-state index is 13.7. The Morgan fingerprint density at radius 3 is 2.47 bits per heavy atom. The van der Waals surface area contributed by atoms with Gasteiger partial charge >= 0.3 is 0 Å². The number of fused-ring (bicyclic) bond motifs is 1. The summed E-state index contributed by atoms with van der Waals surface area (Å²) in [6, 6.07) is 13.4. The van der Waals surface area contributed by atoms with Crippen molar-refractivity contribution in [2.24, 2.45) is 12.0 Å². The number of aliphatic imine (C=N–C) groups is 1. The molecule has 1 N–H and O–H groups in total. The van der Waals surface area contributed by atoms with Crippen LogP contribution >= 0.6 is 0 Å². The van der Waals surface area contributed by atoms with Crippen molar-refractivity contribution in [1.82, 2.24) is 14.4 Å². The number of aromatic nitrogens is 1. The monoisotopic (exact) mass is 603 g/mol. The van der Waals surface area contributed by atoms with Gasteiger partial charge in [-0.05, 0) is 55.6 Å². The first-order valence-corrected chi connectivity index (χ1v) is 16.4. The van der Waals surface area contributed by atoms with Crippen LogP contribution in [0.2, 0.25) is 0 Å². The normalized spacial score (nSPS) is 16.2. The van der Waals surface area contributed by atoms with Crippen LogP contribution in [0.15, 0.2) is 76.5 Å². The van der Waals surface area contributed by atoms with Crippen molar-refractivity contribution in [3.8, 4) is 5.75 Å². The summed E-state index contributed by atoms with van der Waals surface area (Å²) < 4.78 is 20.8. The molecule has 2 aromatic carbocycles. The number of ether oxygens (including phenoxy) is 1. The van der Waals surface area contributed by atoms with Gasteiger partial charge in [0.25, 0.3) is 5.91 Å². The van der Waals surface area contributed by atoms with Crippen LogP contribution in [-0.4, -0.2) is 69.8 Å². The Kier molecular flexibility index (Phi) is 10.3. The second-order valence-electron chi connectivity index (χ2n) is 12.0. The van der Waals surface area contributed by atoms with Gasteiger partial charge in [-0.25, -0.2) is 4.99 Å². The van der Waals surface area contributed by atoms with Crippen LogP contribution < -0.4 is 10.1 Å². The number of amidine groups is 1. The molecule has 1 atom stereocenters. The summed E-state index contributed by atoms with van der Waals surface area (Å²) in [5, 5.41) is 3.91. The first kappa shape index (κ1) is 32.2. The third kappa shape index (κ3) is 7.83. The summed E-state index contributed by atoms with van der Waals surface area (Å²) >= 11 is 0. The number of hydrogen-bond acceptors (Lipinski definition) is 5. The van der Waals surface area contributed by atoms with E-state index in [2.05, 4.69) is 55.9 Å². The lowest BCUT2D eigenvalue weighted by molar-refractivity contribution is 0.101. The molecule has 1 unspecified atom stereocenters. The van der Waals surface area contributed by atoms with Crippen molar-refractivity contribution in [3.63, 3.8) is 0 Å². The second-order valence-corrected chi connectivity index (χ2v) is 13.4. The number of carbonyl (C=O) groups is 1. The lowest BCUT2D eigenvalue weighted by Gasteiger charge is -2.33. The van der Waals surface area contributed by atoms with Crippen LogP contribution in [0.4, 0.5) is 5.69 Å². The second kappa shape index (κ2) is 13.7. The minimum Gasteiger partial charge on any atom is -0.437 e. The number of hydrogen-bond donors (Lipinski definition) is 1. The molecule has 8 nitrogen and oxygen atoms in total. The molecule has 3 aromatic rings. The van der Waals surface area contributed by atoms with Gasteiger partial charge in [0, 0.05) is 50.9 Å². The topological polar surface area (TPSA) is 79.2 Å². The van der Waals surface area contributed by atoms with Crippen LogP contribution in [0, 0.1) is 0 Å². The molecule has 0 spiro atoms. The van der Waals surface area contributed by atoms with Gasteiger partial charge in [0.2, 0.25) is 5.88 Å². The number of para-hydroxylation sites is 1. The SMILES string of the molecule is CC/C=C/C=C(\N=C(/C)N1CCN(C)CC1)Oc1cccc2cc(C(=O)Nc3cc(C(C)(C)C)ccc3S(C)=O)n(C)c12. The molecule has 230 valence electrons. The summed E-state index contributed by atoms with van der Waals surface area (Å²) in [6.07, 6.45) is 8.43. The minimum absolute atomic E-state index is 0.123. The van der Waals surface area contributed by atoms with Gasteiger partial charge in [-0.3, -0.25) is 9.00 Å². The zero-order valence-corrected chi connectivity index (χ0v) is 27.5. The molecule has 1 fully saturated rings. The lowest BCUT2D eigenvalue weighted by Crippen LogP contribution is -2.46. The van der Waals surface area contributed by atoms with E-state index in [0.717, 1.165) is 54.9 Å². The Balaban J connectivity index is 1.67. The van der Waals surface area contributed by atoms with Crippen LogP contribution in [0.25, 0.3) is 10.9 Å². The fourth-order valence-electron chi connectivity index (χ4n) is 5.06. The van der Waals surface area contributed by atoms with E-state index in [1.807, 2.05) is 73.2 Å². The van der Waals surface area contributed by atoms with Gasteiger partial charge in [0.1, 0.15) is 11.5 Å². The van der Waals surface area contributed by atoms with E-state index < -0.39 is 10.8 Å². The number of carbonyl (C=O) groups excluding carboxylic acids is 1. The smallest absolute Gasteiger partial charge is 0.272 e. The lowest BCUT2D eigenvalue weighted by atomic mass is 9.87. The molecule has 0 bridgehead atoms. The van der Waals surface area contributed by atoms with Crippen molar-refractivity contribution in [1.29, 1.82) is 0 Å². The summed E-state index contributed by atoms with van der Waals surface area (Å²) in [5.74, 6) is 1.71. The first-order chi connectivity index (χ1) is 20.4. The summed E-state index contributed by atoms with van der Waals surface area (Å²) in [4.78, 5) is 23.7. The number of amides is 1. The van der Waals surface area contributed by atoms with E-state index >= 15 is 0 Å². The summed E-state index contributed by atoms with van der Waals surface area (Å²) in [5.41, 5.74) is 2.74. The van der Waals surface area contributed by atoms with Crippen molar-refractivity contribution in [2.45, 2.75) is 51.3 Å². The van der Waals surface area contributed by atoms with Crippen molar-refractivity contribution in [3.05, 3.63) is 77.8 Å². The molecule has 2 heterocycles. The van der Waals surface area contributed by atoms with Crippen molar-refractivity contribution >= 4 is 39.1 Å². The molecule has 1 aromatic heterocycles. The number of aryl methyl sites for hydroxylation is 1. The highest BCUT2D eigenvalue weighted by Gasteiger charge is 2.22. The molecule has 0 saturated carbocycles. The third-order valence-electron chi connectivity index (χ3n) is 7.71. The fourth-order valence-corrected chi connectivity index (χ4v) is 5.74. The van der Waals surface area contributed by atoms with Gasteiger partial charge in [0.05, 0.1) is 26.9 Å². The number of anilines is 1. The number of nitrogens with one attached hydrogen (secondary N) is 1. The van der Waals surface area contributed by atoms with Crippen molar-refractivity contribution in [2.75, 3.05) is 44.8 Å². The van der Waals surface area contributed by atoms with Gasteiger partial charge < -0.3 is 24.4 Å². The van der Waals surface area contributed by atoms with Crippen LogP contribution in [0.3, 0.4) is 0 Å². The Morgan fingerprint density at radius 1 is 1.09 bits per heavy atom. The number of benzene rings is 2. The van der Waals surface area contributed by atoms with E-state index in [1.165, 1.54) is 0 Å². The molecule has 9 heteroatoms. The number of piperazine rings is 1. The molecule has 4 rings (SSSR count). The van der Waals surface area contributed by atoms with E-state index in [9.17, 15) is 9.00 Å². The third-order valence-corrected chi connectivity index (χ3v) is 8.69. The standard InChI is InChI=1S/C34H45N5O3S/c1-9-10-11-15-31(35-24(2)39-20-18-37(6)19-21-39)42-29-14-12-13-25-22-28(38(7)32(25)29)33(40)36-27-23-26(34(3,4)5)16-17-30(27)43(8)41/h10-17,22-23H,9,18-21H2,1-8H3,(H,36,40)/b11-10+,31-15+,35-24+. The van der Waals surface area contributed by atoms with Crippen LogP contribution in [-0.2, 0) is 23.3 Å². The predicted octanol–water partition coefficient (Wildman–Crippen LogP) is 6.32. The largest absolute Gasteiger partial charge is 0.437 e.